The minimum absolute atomic E-state index is 0.0740. The van der Waals surface area contributed by atoms with Gasteiger partial charge in [0.1, 0.15) is 11.4 Å². The molecule has 0 fully saturated rings. The molecule has 0 bridgehead atoms. The van der Waals surface area contributed by atoms with Crippen LogP contribution in [0.15, 0.2) is 88.1 Å². The lowest BCUT2D eigenvalue weighted by Gasteiger charge is -2.08. The number of aromatic nitrogens is 2. The maximum atomic E-state index is 12.6. The van der Waals surface area contributed by atoms with Gasteiger partial charge in [-0.05, 0) is 42.5 Å². The number of ether oxygens (including phenoxy) is 1. The molecular formula is C25H15N3O7. The smallest absolute Gasteiger partial charge is 0.338 e. The fourth-order valence-electron chi connectivity index (χ4n) is 3.44. The highest BCUT2D eigenvalue weighted by atomic mass is 16.6. The maximum Gasteiger partial charge on any atom is 0.338 e. The summed E-state index contributed by atoms with van der Waals surface area (Å²) in [6.45, 7) is -0.571. The van der Waals surface area contributed by atoms with Gasteiger partial charge in [-0.2, -0.15) is 0 Å². The fourth-order valence-corrected chi connectivity index (χ4v) is 3.44. The number of hydrogen-bond acceptors (Lipinski definition) is 9. The summed E-state index contributed by atoms with van der Waals surface area (Å²) in [5.74, 6) is -0.330. The van der Waals surface area contributed by atoms with E-state index in [-0.39, 0.29) is 16.8 Å². The lowest BCUT2D eigenvalue weighted by atomic mass is 10.1. The Hall–Kier alpha value is -5.12. The van der Waals surface area contributed by atoms with Gasteiger partial charge in [0.05, 0.1) is 34.0 Å². The van der Waals surface area contributed by atoms with Gasteiger partial charge in [-0.15, -0.1) is 0 Å². The number of nitro benzene ring substituents is 1. The molecule has 0 unspecified atom stereocenters. The Kier molecular flexibility index (Phi) is 5.60. The summed E-state index contributed by atoms with van der Waals surface area (Å²) in [6, 6.07) is 16.8. The van der Waals surface area contributed by atoms with Crippen LogP contribution < -0.4 is 0 Å². The number of Topliss-reactive ketones (excluding diaryl/α,β-unsaturated/α-hetero) is 1. The van der Waals surface area contributed by atoms with E-state index in [1.807, 2.05) is 0 Å². The number of carbonyl (C=O) groups is 2. The summed E-state index contributed by atoms with van der Waals surface area (Å²) in [7, 11) is 0. The molecular weight excluding hydrogens is 454 g/mol. The number of carbonyl (C=O) groups excluding carboxylic acids is 2. The molecule has 5 aromatic rings. The van der Waals surface area contributed by atoms with Crippen LogP contribution in [0.1, 0.15) is 20.7 Å². The quantitative estimate of drug-likeness (QED) is 0.138. The topological polar surface area (TPSA) is 139 Å². The van der Waals surface area contributed by atoms with Crippen molar-refractivity contribution in [3.63, 3.8) is 0 Å². The second-order valence-corrected chi connectivity index (χ2v) is 7.39. The predicted molar refractivity (Wildman–Crippen MR) is 123 cm³/mol. The molecule has 0 radical (unpaired) electrons. The Bertz CT molecular complexity index is 1560. The summed E-state index contributed by atoms with van der Waals surface area (Å²) in [4.78, 5) is 44.5. The van der Waals surface area contributed by atoms with E-state index in [9.17, 15) is 19.7 Å². The molecule has 10 nitrogen and oxygen atoms in total. The Morgan fingerprint density at radius 2 is 1.51 bits per heavy atom. The molecule has 0 aliphatic carbocycles. The molecule has 10 heteroatoms. The second kappa shape index (κ2) is 9.02. The molecule has 0 amide bonds. The van der Waals surface area contributed by atoms with Gasteiger partial charge in [0.15, 0.2) is 18.1 Å². The van der Waals surface area contributed by atoms with Crippen molar-refractivity contribution < 1.29 is 28.1 Å². The molecule has 0 saturated heterocycles. The molecule has 0 aliphatic heterocycles. The molecule has 3 aromatic heterocycles. The number of hydrogen-bond donors (Lipinski definition) is 0. The number of non-ortho nitro benzene ring substituents is 1. The van der Waals surface area contributed by atoms with Gasteiger partial charge in [0.25, 0.3) is 5.69 Å². The molecule has 5 rings (SSSR count). The highest BCUT2D eigenvalue weighted by Crippen LogP contribution is 2.31. The molecule has 0 saturated carbocycles. The number of fused-ring (bicyclic) bond motifs is 1. The monoisotopic (exact) mass is 469 g/mol. The minimum Gasteiger partial charge on any atom is -0.463 e. The van der Waals surface area contributed by atoms with Gasteiger partial charge in [-0.25, -0.2) is 14.8 Å². The average Bonchev–Trinajstić information content (AvgIpc) is 3.61. The van der Waals surface area contributed by atoms with E-state index in [0.29, 0.717) is 33.9 Å². The fraction of sp³-hybridized carbons (Fsp3) is 0.0400. The van der Waals surface area contributed by atoms with Crippen molar-refractivity contribution in [3.05, 3.63) is 100 Å². The van der Waals surface area contributed by atoms with E-state index >= 15 is 0 Å². The maximum absolute atomic E-state index is 12.6. The number of furan rings is 2. The van der Waals surface area contributed by atoms with Crippen molar-refractivity contribution in [1.82, 2.24) is 9.97 Å². The van der Waals surface area contributed by atoms with E-state index < -0.39 is 23.3 Å². The van der Waals surface area contributed by atoms with E-state index in [1.54, 1.807) is 30.3 Å². The van der Waals surface area contributed by atoms with Gasteiger partial charge < -0.3 is 13.6 Å². The highest BCUT2D eigenvalue weighted by molar-refractivity contribution is 6.00. The van der Waals surface area contributed by atoms with Crippen LogP contribution >= 0.6 is 0 Å². The third kappa shape index (κ3) is 4.40. The Morgan fingerprint density at radius 3 is 2.14 bits per heavy atom. The van der Waals surface area contributed by atoms with Gasteiger partial charge in [-0.3, -0.25) is 14.9 Å². The number of rotatable bonds is 7. The lowest BCUT2D eigenvalue weighted by molar-refractivity contribution is -0.384. The number of esters is 1. The number of ketones is 1. The number of benzene rings is 2. The van der Waals surface area contributed by atoms with Gasteiger partial charge in [0, 0.05) is 17.7 Å². The molecule has 0 N–H and O–H groups in total. The molecule has 172 valence electrons. The zero-order valence-electron chi connectivity index (χ0n) is 17.9. The average molecular weight is 469 g/mol. The summed E-state index contributed by atoms with van der Waals surface area (Å²) in [5.41, 5.74) is 1.84. The second-order valence-electron chi connectivity index (χ2n) is 7.39. The first-order valence-electron chi connectivity index (χ1n) is 10.3. The van der Waals surface area contributed by atoms with Crippen LogP contribution in [0, 0.1) is 10.1 Å². The normalized spacial score (nSPS) is 10.9. The molecule has 35 heavy (non-hydrogen) atoms. The number of nitro groups is 1. The Morgan fingerprint density at radius 1 is 0.829 bits per heavy atom. The van der Waals surface area contributed by atoms with Crippen LogP contribution in [0.2, 0.25) is 0 Å². The van der Waals surface area contributed by atoms with Crippen molar-refractivity contribution in [2.45, 2.75) is 0 Å². The first-order chi connectivity index (χ1) is 17.0. The van der Waals surface area contributed by atoms with Crippen LogP contribution in [0.25, 0.3) is 33.9 Å². The zero-order chi connectivity index (χ0) is 24.4. The van der Waals surface area contributed by atoms with Crippen molar-refractivity contribution in [2.24, 2.45) is 0 Å². The molecule has 3 heterocycles. The Balaban J connectivity index is 1.40. The van der Waals surface area contributed by atoms with Crippen molar-refractivity contribution >= 4 is 28.5 Å². The van der Waals surface area contributed by atoms with Crippen LogP contribution in [-0.4, -0.2) is 33.3 Å². The summed E-state index contributed by atoms with van der Waals surface area (Å²) >= 11 is 0. The molecule has 0 atom stereocenters. The first-order valence-corrected chi connectivity index (χ1v) is 10.3. The van der Waals surface area contributed by atoms with Crippen molar-refractivity contribution in [1.29, 1.82) is 0 Å². The van der Waals surface area contributed by atoms with Crippen LogP contribution in [0.5, 0.6) is 0 Å². The van der Waals surface area contributed by atoms with E-state index in [1.165, 1.54) is 42.9 Å². The summed E-state index contributed by atoms with van der Waals surface area (Å²) < 4.78 is 16.1. The van der Waals surface area contributed by atoms with Gasteiger partial charge >= 0.3 is 5.97 Å². The van der Waals surface area contributed by atoms with Gasteiger partial charge in [0.2, 0.25) is 5.78 Å². The minimum atomic E-state index is -0.748. The van der Waals surface area contributed by atoms with Crippen LogP contribution in [-0.2, 0) is 4.74 Å². The van der Waals surface area contributed by atoms with Crippen molar-refractivity contribution in [2.75, 3.05) is 6.61 Å². The lowest BCUT2D eigenvalue weighted by Crippen LogP contribution is -2.14. The predicted octanol–water partition coefficient (Wildman–Crippen LogP) is 5.10. The standard InChI is InChI=1S/C25H15N3O7/c29-20(15-4-1-5-17(12-15)28(31)32)14-35-25(30)16-8-9-18-19(13-16)27-24(22-7-3-11-34-22)23(26-18)21-6-2-10-33-21/h1-13H,14H2. The zero-order valence-corrected chi connectivity index (χ0v) is 17.9. The van der Waals surface area contributed by atoms with Crippen LogP contribution in [0.4, 0.5) is 5.69 Å². The number of nitrogens with zero attached hydrogens (tertiary/aromatic N) is 3. The molecule has 0 aliphatic rings. The third-order valence-corrected chi connectivity index (χ3v) is 5.12. The van der Waals surface area contributed by atoms with E-state index in [2.05, 4.69) is 9.97 Å². The molecule has 2 aromatic carbocycles. The summed E-state index contributed by atoms with van der Waals surface area (Å²) in [6.07, 6.45) is 3.04. The highest BCUT2D eigenvalue weighted by Gasteiger charge is 2.19. The molecule has 0 spiro atoms. The SMILES string of the molecule is O=C(COC(=O)c1ccc2nc(-c3ccco3)c(-c3ccco3)nc2c1)c1cccc([N+](=O)[O-])c1. The first kappa shape index (κ1) is 21.7. The summed E-state index contributed by atoms with van der Waals surface area (Å²) in [5, 5.41) is 10.9. The van der Waals surface area contributed by atoms with E-state index in [4.69, 9.17) is 13.6 Å². The third-order valence-electron chi connectivity index (χ3n) is 5.12. The van der Waals surface area contributed by atoms with Crippen molar-refractivity contribution in [3.8, 4) is 22.9 Å². The Labute approximate surface area is 196 Å². The van der Waals surface area contributed by atoms with E-state index in [0.717, 1.165) is 6.07 Å². The van der Waals surface area contributed by atoms with Gasteiger partial charge in [-0.1, -0.05) is 12.1 Å². The van der Waals surface area contributed by atoms with Crippen LogP contribution in [0.3, 0.4) is 0 Å². The largest absolute Gasteiger partial charge is 0.463 e.